The van der Waals surface area contributed by atoms with Crippen LogP contribution in [-0.4, -0.2) is 10.9 Å². The van der Waals surface area contributed by atoms with Crippen molar-refractivity contribution in [1.82, 2.24) is 0 Å². The first-order valence-corrected chi connectivity index (χ1v) is 11.5. The Morgan fingerprint density at radius 2 is 1.34 bits per heavy atom. The third kappa shape index (κ3) is 3.61. The van der Waals surface area contributed by atoms with Crippen molar-refractivity contribution < 1.29 is 9.90 Å². The van der Waals surface area contributed by atoms with Crippen LogP contribution in [0.2, 0.25) is 0 Å². The number of Topliss-reactive ketones (excluding diaryl/α,β-unsaturated/α-hetero) is 1. The fourth-order valence-corrected chi connectivity index (χ4v) is 5.28. The summed E-state index contributed by atoms with van der Waals surface area (Å²) in [6, 6.07) is 26.0. The number of fused-ring (bicyclic) bond motifs is 1. The number of ketones is 1. The number of benzene rings is 3. The summed E-state index contributed by atoms with van der Waals surface area (Å²) in [7, 11) is 0. The van der Waals surface area contributed by atoms with Crippen molar-refractivity contribution in [3.8, 4) is 0 Å². The van der Waals surface area contributed by atoms with Crippen LogP contribution < -0.4 is 0 Å². The molecule has 3 unspecified atom stereocenters. The highest BCUT2D eigenvalue weighted by atomic mass is 16.3. The molecule has 0 heterocycles. The second-order valence-electron chi connectivity index (χ2n) is 11.2. The number of carbonyl (C=O) groups excluding carboxylic acids is 1. The molecule has 0 aromatic heterocycles. The maximum absolute atomic E-state index is 14.0. The SMILES string of the molecule is CC(C)(C)c1ccc2c(c1)C(O)(c1ccccc1)C(c1ccccc1)C(C(C)(C)C)C2=O. The molecule has 0 radical (unpaired) electrons. The van der Waals surface area contributed by atoms with Crippen LogP contribution in [0.1, 0.15) is 80.1 Å². The predicted octanol–water partition coefficient (Wildman–Crippen LogP) is 6.86. The van der Waals surface area contributed by atoms with Crippen molar-refractivity contribution in [2.24, 2.45) is 11.3 Å². The Balaban J connectivity index is 2.12. The van der Waals surface area contributed by atoms with E-state index in [2.05, 4.69) is 47.6 Å². The minimum absolute atomic E-state index is 0.0984. The number of aliphatic hydroxyl groups is 1. The molecule has 0 aliphatic heterocycles. The van der Waals surface area contributed by atoms with Crippen LogP contribution in [0.4, 0.5) is 0 Å². The Bertz CT molecular complexity index is 1120. The number of hydrogen-bond donors (Lipinski definition) is 1. The van der Waals surface area contributed by atoms with E-state index in [1.807, 2.05) is 72.8 Å². The molecule has 0 saturated heterocycles. The van der Waals surface area contributed by atoms with Gasteiger partial charge in [0, 0.05) is 17.4 Å². The van der Waals surface area contributed by atoms with Gasteiger partial charge in [0.25, 0.3) is 0 Å². The molecule has 0 saturated carbocycles. The lowest BCUT2D eigenvalue weighted by Gasteiger charge is -2.50. The molecule has 2 nitrogen and oxygen atoms in total. The van der Waals surface area contributed by atoms with Crippen molar-refractivity contribution in [2.75, 3.05) is 0 Å². The molecule has 1 aliphatic carbocycles. The van der Waals surface area contributed by atoms with Gasteiger partial charge in [-0.05, 0) is 33.1 Å². The van der Waals surface area contributed by atoms with Crippen LogP contribution in [0.5, 0.6) is 0 Å². The first kappa shape index (κ1) is 22.5. The number of carbonyl (C=O) groups is 1. The van der Waals surface area contributed by atoms with Crippen molar-refractivity contribution in [2.45, 2.75) is 58.5 Å². The van der Waals surface area contributed by atoms with Crippen LogP contribution in [0, 0.1) is 11.3 Å². The fourth-order valence-electron chi connectivity index (χ4n) is 5.28. The Hall–Kier alpha value is -2.71. The van der Waals surface area contributed by atoms with Crippen LogP contribution >= 0.6 is 0 Å². The lowest BCUT2D eigenvalue weighted by Crippen LogP contribution is -2.50. The van der Waals surface area contributed by atoms with Crippen LogP contribution in [-0.2, 0) is 11.0 Å². The van der Waals surface area contributed by atoms with E-state index < -0.39 is 11.5 Å². The third-order valence-corrected chi connectivity index (χ3v) is 6.93. The van der Waals surface area contributed by atoms with Gasteiger partial charge in [0.05, 0.1) is 0 Å². The minimum atomic E-state index is -1.33. The quantitative estimate of drug-likeness (QED) is 0.486. The summed E-state index contributed by atoms with van der Waals surface area (Å²) in [5.41, 5.74) is 2.51. The molecule has 0 spiro atoms. The molecule has 0 amide bonds. The molecule has 1 N–H and O–H groups in total. The summed E-state index contributed by atoms with van der Waals surface area (Å²) >= 11 is 0. The fraction of sp³-hybridized carbons (Fsp3) is 0.367. The Kier molecular flexibility index (Phi) is 5.41. The van der Waals surface area contributed by atoms with Gasteiger partial charge >= 0.3 is 0 Å². The summed E-state index contributed by atoms with van der Waals surface area (Å²) in [4.78, 5) is 14.0. The monoisotopic (exact) mass is 426 g/mol. The smallest absolute Gasteiger partial charge is 0.167 e. The van der Waals surface area contributed by atoms with Crippen LogP contribution in [0.15, 0.2) is 78.9 Å². The van der Waals surface area contributed by atoms with E-state index in [1.54, 1.807) is 0 Å². The van der Waals surface area contributed by atoms with Crippen molar-refractivity contribution in [3.63, 3.8) is 0 Å². The maximum Gasteiger partial charge on any atom is 0.167 e. The predicted molar refractivity (Wildman–Crippen MR) is 131 cm³/mol. The van der Waals surface area contributed by atoms with Gasteiger partial charge in [-0.1, -0.05) is 120 Å². The van der Waals surface area contributed by atoms with Crippen molar-refractivity contribution in [1.29, 1.82) is 0 Å². The van der Waals surface area contributed by atoms with Crippen molar-refractivity contribution in [3.05, 3.63) is 107 Å². The Morgan fingerprint density at radius 1 is 0.781 bits per heavy atom. The molecule has 166 valence electrons. The van der Waals surface area contributed by atoms with E-state index in [4.69, 9.17) is 0 Å². The van der Waals surface area contributed by atoms with Gasteiger partial charge in [-0.25, -0.2) is 0 Å². The minimum Gasteiger partial charge on any atom is -0.380 e. The van der Waals surface area contributed by atoms with Gasteiger partial charge in [-0.3, -0.25) is 4.79 Å². The zero-order valence-electron chi connectivity index (χ0n) is 20.0. The summed E-state index contributed by atoms with van der Waals surface area (Å²) in [6.07, 6.45) is 0. The molecule has 0 fully saturated rings. The molecule has 3 atom stereocenters. The van der Waals surface area contributed by atoms with Gasteiger partial charge in [0.1, 0.15) is 5.60 Å². The molecular formula is C30H34O2. The summed E-state index contributed by atoms with van der Waals surface area (Å²) < 4.78 is 0. The average molecular weight is 427 g/mol. The molecular weight excluding hydrogens is 392 g/mol. The molecule has 0 bridgehead atoms. The van der Waals surface area contributed by atoms with E-state index in [9.17, 15) is 9.90 Å². The van der Waals surface area contributed by atoms with E-state index >= 15 is 0 Å². The molecule has 32 heavy (non-hydrogen) atoms. The largest absolute Gasteiger partial charge is 0.380 e. The second-order valence-corrected chi connectivity index (χ2v) is 11.2. The van der Waals surface area contributed by atoms with Crippen LogP contribution in [0.25, 0.3) is 0 Å². The van der Waals surface area contributed by atoms with E-state index in [1.165, 1.54) is 0 Å². The van der Waals surface area contributed by atoms with Crippen LogP contribution in [0.3, 0.4) is 0 Å². The Morgan fingerprint density at radius 3 is 1.88 bits per heavy atom. The molecule has 4 rings (SSSR count). The zero-order valence-corrected chi connectivity index (χ0v) is 20.0. The molecule has 2 heteroatoms. The van der Waals surface area contributed by atoms with Gasteiger partial charge in [0.15, 0.2) is 5.78 Å². The summed E-state index contributed by atoms with van der Waals surface area (Å²) in [5.74, 6) is -0.660. The first-order valence-electron chi connectivity index (χ1n) is 11.5. The highest BCUT2D eigenvalue weighted by Gasteiger charge is 2.56. The van der Waals surface area contributed by atoms with Crippen molar-refractivity contribution >= 4 is 5.78 Å². The van der Waals surface area contributed by atoms with E-state index in [-0.39, 0.29) is 22.5 Å². The molecule has 3 aromatic rings. The highest BCUT2D eigenvalue weighted by molar-refractivity contribution is 6.02. The lowest BCUT2D eigenvalue weighted by atomic mass is 9.54. The third-order valence-electron chi connectivity index (χ3n) is 6.93. The molecule has 3 aromatic carbocycles. The maximum atomic E-state index is 14.0. The van der Waals surface area contributed by atoms with E-state index in [0.717, 1.165) is 22.3 Å². The van der Waals surface area contributed by atoms with Gasteiger partial charge < -0.3 is 5.11 Å². The standard InChI is InChI=1S/C30H34O2/c1-28(2,3)22-17-18-23-24(19-22)30(32,21-15-11-8-12-16-21)25(20-13-9-7-10-14-20)26(27(23)31)29(4,5)6/h7-19,25-26,32H,1-6H3. The summed E-state index contributed by atoms with van der Waals surface area (Å²) in [5, 5.41) is 12.8. The topological polar surface area (TPSA) is 37.3 Å². The van der Waals surface area contributed by atoms with E-state index in [0.29, 0.717) is 5.56 Å². The van der Waals surface area contributed by atoms with Gasteiger partial charge in [-0.15, -0.1) is 0 Å². The lowest BCUT2D eigenvalue weighted by molar-refractivity contribution is -0.00468. The summed E-state index contributed by atoms with van der Waals surface area (Å²) in [6.45, 7) is 12.8. The normalized spacial score (nSPS) is 23.7. The number of rotatable bonds is 2. The van der Waals surface area contributed by atoms with Gasteiger partial charge in [-0.2, -0.15) is 0 Å². The zero-order chi connectivity index (χ0) is 23.3. The second kappa shape index (κ2) is 7.71. The molecule has 1 aliphatic rings. The number of hydrogen-bond acceptors (Lipinski definition) is 2. The first-order chi connectivity index (χ1) is 15.0. The highest BCUT2D eigenvalue weighted by Crippen LogP contribution is 2.56. The Labute approximate surface area is 192 Å². The average Bonchev–Trinajstić information content (AvgIpc) is 2.75. The van der Waals surface area contributed by atoms with Gasteiger partial charge in [0.2, 0.25) is 0 Å².